The first-order valence-electron chi connectivity index (χ1n) is 12.5. The van der Waals surface area contributed by atoms with Crippen molar-refractivity contribution in [2.45, 2.75) is 77.0 Å². The molecule has 214 valence electrons. The molecule has 1 rings (SSSR count). The highest BCUT2D eigenvalue weighted by Crippen LogP contribution is 2.07. The van der Waals surface area contributed by atoms with Crippen LogP contribution in [-0.2, 0) is 33.6 Å². The summed E-state index contributed by atoms with van der Waals surface area (Å²) in [6, 6.07) is -3.64. The van der Waals surface area contributed by atoms with E-state index in [1.165, 1.54) is 6.92 Å². The second-order valence-corrected chi connectivity index (χ2v) is 9.52. The van der Waals surface area contributed by atoms with Gasteiger partial charge in [0.1, 0.15) is 24.7 Å². The van der Waals surface area contributed by atoms with Crippen LogP contribution in [-0.4, -0.2) is 90.3 Å². The molecule has 1 heterocycles. The topological polar surface area (TPSA) is 238 Å². The Morgan fingerprint density at radius 2 is 1.55 bits per heavy atom. The van der Waals surface area contributed by atoms with E-state index in [2.05, 4.69) is 31.9 Å². The number of hydrogen-bond donors (Lipinski definition) is 8. The quantitative estimate of drug-likeness (QED) is 0.0982. The summed E-state index contributed by atoms with van der Waals surface area (Å²) in [7, 11) is 0. The zero-order valence-corrected chi connectivity index (χ0v) is 21.9. The van der Waals surface area contributed by atoms with Gasteiger partial charge < -0.3 is 42.7 Å². The van der Waals surface area contributed by atoms with Crippen LogP contribution in [0.4, 0.5) is 0 Å². The number of primary amides is 1. The fourth-order valence-electron chi connectivity index (χ4n) is 3.67. The van der Waals surface area contributed by atoms with Gasteiger partial charge in [0.15, 0.2) is 0 Å². The second-order valence-electron chi connectivity index (χ2n) is 9.52. The number of nitrogens with one attached hydrogen (secondary N) is 6. The summed E-state index contributed by atoms with van der Waals surface area (Å²) < 4.78 is 0. The van der Waals surface area contributed by atoms with Gasteiger partial charge in [-0.3, -0.25) is 33.6 Å². The fourth-order valence-corrected chi connectivity index (χ4v) is 3.67. The van der Waals surface area contributed by atoms with E-state index in [1.54, 1.807) is 0 Å². The molecule has 0 spiro atoms. The van der Waals surface area contributed by atoms with Crippen molar-refractivity contribution < 1.29 is 38.7 Å². The molecule has 1 fully saturated rings. The zero-order valence-electron chi connectivity index (χ0n) is 21.9. The summed E-state index contributed by atoms with van der Waals surface area (Å²) in [5, 5.41) is 23.7. The molecule has 0 bridgehead atoms. The first-order valence-corrected chi connectivity index (χ1v) is 12.5. The Labute approximate surface area is 220 Å². The average Bonchev–Trinajstić information content (AvgIpc) is 3.37. The van der Waals surface area contributed by atoms with E-state index in [0.717, 1.165) is 6.42 Å². The number of rotatable bonds is 16. The van der Waals surface area contributed by atoms with E-state index in [0.29, 0.717) is 13.0 Å². The van der Waals surface area contributed by atoms with Crippen molar-refractivity contribution in [2.24, 2.45) is 11.7 Å². The summed E-state index contributed by atoms with van der Waals surface area (Å²) >= 11 is 0. The molecule has 1 aliphatic rings. The number of carbonyl (C=O) groups excluding carboxylic acids is 6. The van der Waals surface area contributed by atoms with Gasteiger partial charge in [-0.15, -0.1) is 0 Å². The van der Waals surface area contributed by atoms with Gasteiger partial charge >= 0.3 is 5.97 Å². The van der Waals surface area contributed by atoms with Crippen molar-refractivity contribution in [3.05, 3.63) is 0 Å². The lowest BCUT2D eigenvalue weighted by Gasteiger charge is -2.23. The van der Waals surface area contributed by atoms with Crippen molar-refractivity contribution in [1.82, 2.24) is 31.9 Å². The van der Waals surface area contributed by atoms with E-state index < -0.39 is 78.7 Å². The van der Waals surface area contributed by atoms with E-state index in [1.807, 2.05) is 13.8 Å². The number of carbonyl (C=O) groups is 7. The maximum absolute atomic E-state index is 12.7. The highest BCUT2D eigenvalue weighted by Gasteiger charge is 2.29. The van der Waals surface area contributed by atoms with Gasteiger partial charge in [0.05, 0.1) is 12.6 Å². The minimum absolute atomic E-state index is 0.0191. The van der Waals surface area contributed by atoms with E-state index in [9.17, 15) is 33.6 Å². The van der Waals surface area contributed by atoms with Gasteiger partial charge in [-0.25, -0.2) is 0 Å². The second kappa shape index (κ2) is 16.2. The summed E-state index contributed by atoms with van der Waals surface area (Å²) in [5.74, 6) is -5.06. The standard InChI is InChI=1S/C23H39N7O8/c1-12(2)9-16(23(38)28-13(3)20(35)27-11-19(33)34)29-18(32)10-26-21(36)15(6-7-17(24)31)30-22(37)14-5-4-8-25-14/h12-16,25H,4-11H2,1-3H3,(H2,24,31)(H,26,36)(H,27,35)(H,28,38)(H,29,32)(H,30,37)(H,33,34)/t13-,14-,15-,16-/m0/s1. The third kappa shape index (κ3) is 12.5. The SMILES string of the molecule is CC(C)C[C@H](NC(=O)CNC(=O)[C@H](CCC(N)=O)NC(=O)[C@@H]1CCCN1)C(=O)N[C@@H](C)C(=O)NCC(=O)O. The van der Waals surface area contributed by atoms with Crippen molar-refractivity contribution in [3.63, 3.8) is 0 Å². The monoisotopic (exact) mass is 541 g/mol. The lowest BCUT2D eigenvalue weighted by Crippen LogP contribution is -2.55. The molecule has 1 aliphatic heterocycles. The van der Waals surface area contributed by atoms with Crippen LogP contribution >= 0.6 is 0 Å². The maximum atomic E-state index is 12.7. The summed E-state index contributed by atoms with van der Waals surface area (Å²) in [4.78, 5) is 84.1. The van der Waals surface area contributed by atoms with Crippen LogP contribution in [0.25, 0.3) is 0 Å². The average molecular weight is 542 g/mol. The predicted octanol–water partition coefficient (Wildman–Crippen LogP) is -3.16. The number of carboxylic acids is 1. The number of carboxylic acid groups (broad SMARTS) is 1. The Morgan fingerprint density at radius 1 is 0.895 bits per heavy atom. The Kier molecular flexibility index (Phi) is 13.7. The van der Waals surface area contributed by atoms with Gasteiger partial charge in [-0.2, -0.15) is 0 Å². The molecular formula is C23H39N7O8. The molecule has 0 aliphatic carbocycles. The molecule has 0 aromatic rings. The minimum atomic E-state index is -1.24. The van der Waals surface area contributed by atoms with E-state index in [-0.39, 0.29) is 25.2 Å². The van der Waals surface area contributed by atoms with Crippen molar-refractivity contribution in [1.29, 1.82) is 0 Å². The lowest BCUT2D eigenvalue weighted by molar-refractivity contribution is -0.138. The smallest absolute Gasteiger partial charge is 0.322 e. The van der Waals surface area contributed by atoms with Crippen LogP contribution in [0, 0.1) is 5.92 Å². The zero-order chi connectivity index (χ0) is 28.8. The van der Waals surface area contributed by atoms with Crippen molar-refractivity contribution in [2.75, 3.05) is 19.6 Å². The van der Waals surface area contributed by atoms with Crippen LogP contribution in [0.3, 0.4) is 0 Å². The fraction of sp³-hybridized carbons (Fsp3) is 0.696. The Bertz CT molecular complexity index is 889. The van der Waals surface area contributed by atoms with E-state index >= 15 is 0 Å². The molecule has 0 aromatic heterocycles. The van der Waals surface area contributed by atoms with Crippen molar-refractivity contribution >= 4 is 41.4 Å². The normalized spacial score (nSPS) is 17.0. The van der Waals surface area contributed by atoms with Crippen LogP contribution in [0.1, 0.15) is 52.9 Å². The molecule has 9 N–H and O–H groups in total. The molecule has 4 atom stereocenters. The number of amides is 6. The molecule has 0 aromatic carbocycles. The summed E-state index contributed by atoms with van der Waals surface area (Å²) in [6.45, 7) is 4.56. The predicted molar refractivity (Wildman–Crippen MR) is 134 cm³/mol. The van der Waals surface area contributed by atoms with Crippen LogP contribution < -0.4 is 37.6 Å². The van der Waals surface area contributed by atoms with Gasteiger partial charge in [-0.05, 0) is 45.1 Å². The minimum Gasteiger partial charge on any atom is -0.480 e. The lowest BCUT2D eigenvalue weighted by atomic mass is 10.0. The van der Waals surface area contributed by atoms with Gasteiger partial charge in [0.25, 0.3) is 0 Å². The summed E-state index contributed by atoms with van der Waals surface area (Å²) in [5.41, 5.74) is 5.17. The Morgan fingerprint density at radius 3 is 2.11 bits per heavy atom. The van der Waals surface area contributed by atoms with Crippen LogP contribution in [0.15, 0.2) is 0 Å². The van der Waals surface area contributed by atoms with Crippen LogP contribution in [0.5, 0.6) is 0 Å². The third-order valence-electron chi connectivity index (χ3n) is 5.64. The largest absolute Gasteiger partial charge is 0.480 e. The van der Waals surface area contributed by atoms with Crippen LogP contribution in [0.2, 0.25) is 0 Å². The molecular weight excluding hydrogens is 502 g/mol. The molecule has 0 unspecified atom stereocenters. The van der Waals surface area contributed by atoms with Crippen molar-refractivity contribution in [3.8, 4) is 0 Å². The highest BCUT2D eigenvalue weighted by molar-refractivity contribution is 5.95. The Balaban J connectivity index is 2.71. The van der Waals surface area contributed by atoms with Gasteiger partial charge in [0.2, 0.25) is 35.4 Å². The maximum Gasteiger partial charge on any atom is 0.322 e. The highest BCUT2D eigenvalue weighted by atomic mass is 16.4. The first kappa shape index (κ1) is 32.3. The molecule has 0 saturated carbocycles. The number of aliphatic carboxylic acids is 1. The summed E-state index contributed by atoms with van der Waals surface area (Å²) in [6.07, 6.45) is 1.44. The first-order chi connectivity index (χ1) is 17.8. The molecule has 38 heavy (non-hydrogen) atoms. The molecule has 1 saturated heterocycles. The molecule has 6 amide bonds. The Hall–Kier alpha value is -3.75. The number of hydrogen-bond acceptors (Lipinski definition) is 8. The van der Waals surface area contributed by atoms with Gasteiger partial charge in [0, 0.05) is 6.42 Å². The third-order valence-corrected chi connectivity index (χ3v) is 5.64. The van der Waals surface area contributed by atoms with E-state index in [4.69, 9.17) is 10.8 Å². The van der Waals surface area contributed by atoms with Gasteiger partial charge in [-0.1, -0.05) is 13.8 Å². The molecule has 15 heteroatoms. The number of nitrogens with two attached hydrogens (primary N) is 1. The molecule has 0 radical (unpaired) electrons. The molecule has 15 nitrogen and oxygen atoms in total.